The topological polar surface area (TPSA) is 73.6 Å². The Kier molecular flexibility index (Phi) is 5.17. The summed E-state index contributed by atoms with van der Waals surface area (Å²) in [6.07, 6.45) is 2.80. The van der Waals surface area contributed by atoms with E-state index in [0.29, 0.717) is 24.7 Å². The molecule has 110 valence electrons. The van der Waals surface area contributed by atoms with Crippen molar-refractivity contribution in [3.05, 3.63) is 28.3 Å². The molecule has 1 aliphatic heterocycles. The van der Waals surface area contributed by atoms with E-state index in [1.54, 1.807) is 12.1 Å². The van der Waals surface area contributed by atoms with Crippen molar-refractivity contribution in [2.45, 2.75) is 32.2 Å². The number of ether oxygens (including phenoxy) is 2. The van der Waals surface area contributed by atoms with Gasteiger partial charge >= 0.3 is 0 Å². The molecular formula is C14H20N2O4. The van der Waals surface area contributed by atoms with E-state index in [-0.39, 0.29) is 16.7 Å². The molecule has 6 nitrogen and oxygen atoms in total. The van der Waals surface area contributed by atoms with Crippen LogP contribution >= 0.6 is 0 Å². The van der Waals surface area contributed by atoms with Crippen LogP contribution in [0, 0.1) is 10.1 Å². The van der Waals surface area contributed by atoms with Gasteiger partial charge in [-0.1, -0.05) is 0 Å². The zero-order valence-electron chi connectivity index (χ0n) is 11.6. The SMILES string of the molecule is CCOc1ccc(NC2CCCOCC2)c([N+](=O)[O-])c1. The van der Waals surface area contributed by atoms with E-state index in [1.807, 2.05) is 6.92 Å². The van der Waals surface area contributed by atoms with Gasteiger partial charge < -0.3 is 14.8 Å². The molecule has 1 N–H and O–H groups in total. The van der Waals surface area contributed by atoms with Crippen LogP contribution in [-0.2, 0) is 4.74 Å². The predicted octanol–water partition coefficient (Wildman–Crippen LogP) is 2.97. The van der Waals surface area contributed by atoms with Gasteiger partial charge in [0.2, 0.25) is 0 Å². The minimum Gasteiger partial charge on any atom is -0.494 e. The lowest BCUT2D eigenvalue weighted by Gasteiger charge is -2.17. The Morgan fingerprint density at radius 3 is 3.05 bits per heavy atom. The molecule has 1 aliphatic rings. The van der Waals surface area contributed by atoms with Crippen molar-refractivity contribution >= 4 is 11.4 Å². The van der Waals surface area contributed by atoms with Gasteiger partial charge in [0.25, 0.3) is 5.69 Å². The molecule has 0 saturated carbocycles. The lowest BCUT2D eigenvalue weighted by atomic mass is 10.1. The maximum Gasteiger partial charge on any atom is 0.296 e. The number of nitro benzene ring substituents is 1. The van der Waals surface area contributed by atoms with Crippen LogP contribution in [0.15, 0.2) is 18.2 Å². The molecule has 0 spiro atoms. The minimum absolute atomic E-state index is 0.0566. The van der Waals surface area contributed by atoms with Crippen molar-refractivity contribution in [3.8, 4) is 5.75 Å². The molecule has 0 radical (unpaired) electrons. The number of benzene rings is 1. The number of hydrogen-bond donors (Lipinski definition) is 1. The molecule has 0 aromatic heterocycles. The van der Waals surface area contributed by atoms with Crippen molar-refractivity contribution in [2.75, 3.05) is 25.1 Å². The van der Waals surface area contributed by atoms with Crippen LogP contribution in [0.4, 0.5) is 11.4 Å². The molecule has 1 aromatic carbocycles. The summed E-state index contributed by atoms with van der Waals surface area (Å²) >= 11 is 0. The number of anilines is 1. The molecule has 0 aliphatic carbocycles. The van der Waals surface area contributed by atoms with Gasteiger partial charge in [0.05, 0.1) is 17.6 Å². The molecule has 1 heterocycles. The van der Waals surface area contributed by atoms with Gasteiger partial charge in [-0.15, -0.1) is 0 Å². The summed E-state index contributed by atoms with van der Waals surface area (Å²) < 4.78 is 10.7. The summed E-state index contributed by atoms with van der Waals surface area (Å²) in [5.41, 5.74) is 0.603. The first-order valence-electron chi connectivity index (χ1n) is 6.96. The molecule has 1 unspecified atom stereocenters. The summed E-state index contributed by atoms with van der Waals surface area (Å²) in [5, 5.41) is 14.4. The van der Waals surface area contributed by atoms with Crippen LogP contribution < -0.4 is 10.1 Å². The number of hydrogen-bond acceptors (Lipinski definition) is 5. The standard InChI is InChI=1S/C14H20N2O4/c1-2-20-12-5-6-13(14(10-12)16(17)18)15-11-4-3-8-19-9-7-11/h5-6,10-11,15H,2-4,7-9H2,1H3. The third-order valence-corrected chi connectivity index (χ3v) is 3.29. The van der Waals surface area contributed by atoms with E-state index in [4.69, 9.17) is 9.47 Å². The van der Waals surface area contributed by atoms with Gasteiger partial charge in [0.1, 0.15) is 11.4 Å². The lowest BCUT2D eigenvalue weighted by molar-refractivity contribution is -0.384. The molecule has 1 fully saturated rings. The van der Waals surface area contributed by atoms with E-state index in [2.05, 4.69) is 5.32 Å². The van der Waals surface area contributed by atoms with Crippen LogP contribution in [-0.4, -0.2) is 30.8 Å². The predicted molar refractivity (Wildman–Crippen MR) is 76.3 cm³/mol. The Morgan fingerprint density at radius 1 is 1.45 bits per heavy atom. The molecule has 20 heavy (non-hydrogen) atoms. The average molecular weight is 280 g/mol. The molecule has 1 saturated heterocycles. The van der Waals surface area contributed by atoms with Gasteiger partial charge in [-0.3, -0.25) is 10.1 Å². The van der Waals surface area contributed by atoms with E-state index in [1.165, 1.54) is 6.07 Å². The zero-order valence-corrected chi connectivity index (χ0v) is 11.6. The van der Waals surface area contributed by atoms with Crippen molar-refractivity contribution in [1.29, 1.82) is 0 Å². The monoisotopic (exact) mass is 280 g/mol. The van der Waals surface area contributed by atoms with Gasteiger partial charge in [-0.2, -0.15) is 0 Å². The van der Waals surface area contributed by atoms with Crippen molar-refractivity contribution in [3.63, 3.8) is 0 Å². The summed E-state index contributed by atoms with van der Waals surface area (Å²) in [6.45, 7) is 3.81. The number of rotatable bonds is 5. The molecule has 0 amide bonds. The Balaban J connectivity index is 2.14. The maximum atomic E-state index is 11.2. The molecular weight excluding hydrogens is 260 g/mol. The fraction of sp³-hybridized carbons (Fsp3) is 0.571. The highest BCUT2D eigenvalue weighted by Gasteiger charge is 2.19. The molecule has 6 heteroatoms. The van der Waals surface area contributed by atoms with Gasteiger partial charge in [-0.25, -0.2) is 0 Å². The van der Waals surface area contributed by atoms with E-state index in [9.17, 15) is 10.1 Å². The Morgan fingerprint density at radius 2 is 2.30 bits per heavy atom. The number of nitro groups is 1. The van der Waals surface area contributed by atoms with Crippen LogP contribution in [0.25, 0.3) is 0 Å². The fourth-order valence-electron chi connectivity index (χ4n) is 2.31. The summed E-state index contributed by atoms with van der Waals surface area (Å²) in [6, 6.07) is 5.16. The summed E-state index contributed by atoms with van der Waals surface area (Å²) in [4.78, 5) is 10.8. The zero-order chi connectivity index (χ0) is 14.4. The van der Waals surface area contributed by atoms with E-state index in [0.717, 1.165) is 25.9 Å². The maximum absolute atomic E-state index is 11.2. The van der Waals surface area contributed by atoms with Crippen LogP contribution in [0.1, 0.15) is 26.2 Å². The molecule has 0 bridgehead atoms. The molecule has 1 atom stereocenters. The second kappa shape index (κ2) is 7.09. The number of nitrogens with one attached hydrogen (secondary N) is 1. The lowest BCUT2D eigenvalue weighted by Crippen LogP contribution is -2.20. The van der Waals surface area contributed by atoms with Crippen molar-refractivity contribution < 1.29 is 14.4 Å². The molecule has 2 rings (SSSR count). The summed E-state index contributed by atoms with van der Waals surface area (Å²) in [7, 11) is 0. The third-order valence-electron chi connectivity index (χ3n) is 3.29. The van der Waals surface area contributed by atoms with Crippen LogP contribution in [0.2, 0.25) is 0 Å². The first-order chi connectivity index (χ1) is 9.70. The highest BCUT2D eigenvalue weighted by Crippen LogP contribution is 2.30. The second-order valence-electron chi connectivity index (χ2n) is 4.75. The van der Waals surface area contributed by atoms with Crippen LogP contribution in [0.3, 0.4) is 0 Å². The number of nitrogens with zero attached hydrogens (tertiary/aromatic N) is 1. The van der Waals surface area contributed by atoms with Crippen LogP contribution in [0.5, 0.6) is 5.75 Å². The first kappa shape index (κ1) is 14.6. The quantitative estimate of drug-likeness (QED) is 0.663. The fourth-order valence-corrected chi connectivity index (χ4v) is 2.31. The normalized spacial score (nSPS) is 19.1. The van der Waals surface area contributed by atoms with Gasteiger partial charge in [-0.05, 0) is 38.3 Å². The van der Waals surface area contributed by atoms with E-state index >= 15 is 0 Å². The second-order valence-corrected chi connectivity index (χ2v) is 4.75. The largest absolute Gasteiger partial charge is 0.494 e. The van der Waals surface area contributed by atoms with E-state index < -0.39 is 0 Å². The Labute approximate surface area is 118 Å². The molecule has 1 aromatic rings. The Hall–Kier alpha value is -1.82. The Bertz CT molecular complexity index is 456. The third kappa shape index (κ3) is 3.84. The van der Waals surface area contributed by atoms with Gasteiger partial charge in [0, 0.05) is 19.3 Å². The minimum atomic E-state index is -0.377. The summed E-state index contributed by atoms with van der Waals surface area (Å²) in [5.74, 6) is 0.522. The highest BCUT2D eigenvalue weighted by molar-refractivity contribution is 5.64. The average Bonchev–Trinajstić information content (AvgIpc) is 2.69. The smallest absolute Gasteiger partial charge is 0.296 e. The van der Waals surface area contributed by atoms with Crippen molar-refractivity contribution in [2.24, 2.45) is 0 Å². The van der Waals surface area contributed by atoms with Crippen molar-refractivity contribution in [1.82, 2.24) is 0 Å². The highest BCUT2D eigenvalue weighted by atomic mass is 16.6. The van der Waals surface area contributed by atoms with Gasteiger partial charge in [0.15, 0.2) is 0 Å². The first-order valence-corrected chi connectivity index (χ1v) is 6.96.